The predicted molar refractivity (Wildman–Crippen MR) is 125 cm³/mol. The van der Waals surface area contributed by atoms with Crippen LogP contribution in [0.5, 0.6) is 0 Å². The van der Waals surface area contributed by atoms with Crippen molar-refractivity contribution in [2.45, 2.75) is 51.3 Å². The van der Waals surface area contributed by atoms with E-state index >= 15 is 0 Å². The summed E-state index contributed by atoms with van der Waals surface area (Å²) in [4.78, 5) is 14.4. The molecule has 1 unspecified atom stereocenters. The van der Waals surface area contributed by atoms with Crippen LogP contribution in [0.4, 0.5) is 5.69 Å². The number of hydrogen-bond acceptors (Lipinski definition) is 4. The second kappa shape index (κ2) is 15.6. The lowest BCUT2D eigenvalue weighted by Gasteiger charge is -2.25. The number of nitrogens with zero attached hydrogens (tertiary/aromatic N) is 1. The van der Waals surface area contributed by atoms with Crippen LogP contribution in [0, 0.1) is 0 Å². The second-order valence-corrected chi connectivity index (χ2v) is 7.94. The molecule has 1 atom stereocenters. The Labute approximate surface area is 178 Å². The minimum Gasteiger partial charge on any atom is -0.508 e. The topological polar surface area (TPSA) is 83.6 Å². The van der Waals surface area contributed by atoms with Gasteiger partial charge in [-0.05, 0) is 50.1 Å². The summed E-state index contributed by atoms with van der Waals surface area (Å²) in [7, 11) is -1.13. The third kappa shape index (κ3) is 11.3. The lowest BCUT2D eigenvalue weighted by atomic mass is 10.1. The first-order chi connectivity index (χ1) is 13.8. The van der Waals surface area contributed by atoms with Crippen LogP contribution in [-0.4, -0.2) is 34.6 Å². The zero-order valence-corrected chi connectivity index (χ0v) is 19.0. The number of aliphatic hydroxyl groups excluding tert-OH is 1. The van der Waals surface area contributed by atoms with Gasteiger partial charge in [0.15, 0.2) is 0 Å². The van der Waals surface area contributed by atoms with Crippen LogP contribution < -0.4 is 10.6 Å². The Kier molecular flexibility index (Phi) is 14.3. The number of aliphatic hydroxyl groups is 1. The molecule has 3 N–H and O–H groups in total. The SMILES string of the molecule is C=C/C=C(O)\C=C/C.CCCCN(CCCC)c1cc(C(N)=O)cc(S(C)=O)c1. The first kappa shape index (κ1) is 26.7. The Morgan fingerprint density at radius 1 is 1.21 bits per heavy atom. The van der Waals surface area contributed by atoms with Crippen molar-refractivity contribution in [3.8, 4) is 0 Å². The fourth-order valence-electron chi connectivity index (χ4n) is 2.49. The molecule has 0 aliphatic heterocycles. The van der Waals surface area contributed by atoms with Crippen LogP contribution in [0.25, 0.3) is 0 Å². The molecule has 0 aromatic heterocycles. The van der Waals surface area contributed by atoms with Gasteiger partial charge in [0.05, 0.1) is 0 Å². The van der Waals surface area contributed by atoms with Gasteiger partial charge >= 0.3 is 0 Å². The van der Waals surface area contributed by atoms with E-state index in [1.807, 2.05) is 19.1 Å². The van der Waals surface area contributed by atoms with Crippen molar-refractivity contribution < 1.29 is 14.1 Å². The van der Waals surface area contributed by atoms with E-state index in [9.17, 15) is 9.00 Å². The van der Waals surface area contributed by atoms with Crippen molar-refractivity contribution in [1.29, 1.82) is 0 Å². The third-order valence-corrected chi connectivity index (χ3v) is 4.96. The molecule has 1 aromatic rings. The highest BCUT2D eigenvalue weighted by atomic mass is 32.2. The Hall–Kier alpha value is -2.34. The van der Waals surface area contributed by atoms with Gasteiger partial charge in [-0.15, -0.1) is 0 Å². The maximum Gasteiger partial charge on any atom is 0.248 e. The zero-order valence-electron chi connectivity index (χ0n) is 18.2. The highest BCUT2D eigenvalue weighted by Gasteiger charge is 2.12. The molecule has 5 nitrogen and oxygen atoms in total. The first-order valence-corrected chi connectivity index (χ1v) is 11.5. The lowest BCUT2D eigenvalue weighted by molar-refractivity contribution is 0.1000. The fraction of sp³-hybridized carbons (Fsp3) is 0.435. The van der Waals surface area contributed by atoms with Gasteiger partial charge in [-0.3, -0.25) is 9.00 Å². The molecule has 162 valence electrons. The number of anilines is 1. The molecular formula is C23H36N2O3S. The highest BCUT2D eigenvalue weighted by Crippen LogP contribution is 2.22. The summed E-state index contributed by atoms with van der Waals surface area (Å²) in [6.45, 7) is 11.4. The highest BCUT2D eigenvalue weighted by molar-refractivity contribution is 7.84. The quantitative estimate of drug-likeness (QED) is 0.384. The van der Waals surface area contributed by atoms with E-state index in [-0.39, 0.29) is 5.76 Å². The minimum absolute atomic E-state index is 0.238. The number of primary amides is 1. The molecule has 1 aromatic carbocycles. The number of carbonyl (C=O) groups is 1. The molecule has 0 saturated carbocycles. The standard InChI is InChI=1S/C16H26N2O2S.C7H10O/c1-4-6-8-18(9-7-5-2)14-10-13(16(17)19)11-15(12-14)21(3)20;1-3-5-7(8)6-4-2/h10-12H,4-9H2,1-3H3,(H2,17,19);3-6,8H,1H2,2H3/b;6-4-,7-5+. The number of nitrogens with two attached hydrogens (primary N) is 1. The molecule has 0 radical (unpaired) electrons. The van der Waals surface area contributed by atoms with Crippen LogP contribution >= 0.6 is 0 Å². The maximum atomic E-state index is 11.8. The molecule has 0 aliphatic carbocycles. The molecule has 1 rings (SSSR count). The summed E-state index contributed by atoms with van der Waals surface area (Å²) in [6.07, 6.45) is 12.5. The van der Waals surface area contributed by atoms with E-state index in [4.69, 9.17) is 10.8 Å². The summed E-state index contributed by atoms with van der Waals surface area (Å²) in [5.74, 6) is -0.239. The van der Waals surface area contributed by atoms with Crippen LogP contribution in [0.1, 0.15) is 56.8 Å². The van der Waals surface area contributed by atoms with Gasteiger partial charge in [-0.25, -0.2) is 0 Å². The molecule has 0 spiro atoms. The van der Waals surface area contributed by atoms with Crippen molar-refractivity contribution in [2.75, 3.05) is 24.2 Å². The number of benzene rings is 1. The fourth-order valence-corrected chi connectivity index (χ4v) is 3.07. The van der Waals surface area contributed by atoms with E-state index in [0.29, 0.717) is 10.5 Å². The van der Waals surface area contributed by atoms with E-state index < -0.39 is 16.7 Å². The number of rotatable bonds is 11. The van der Waals surface area contributed by atoms with E-state index in [1.165, 1.54) is 12.2 Å². The Balaban J connectivity index is 0.000000828. The van der Waals surface area contributed by atoms with E-state index in [1.54, 1.807) is 24.5 Å². The second-order valence-electron chi connectivity index (χ2n) is 6.56. The number of carbonyl (C=O) groups excluding carboxylic acids is 1. The largest absolute Gasteiger partial charge is 0.508 e. The molecule has 0 aliphatic rings. The Bertz CT molecular complexity index is 687. The van der Waals surface area contributed by atoms with Crippen molar-refractivity contribution in [3.05, 3.63) is 60.4 Å². The molecule has 1 amide bonds. The molecule has 6 heteroatoms. The average Bonchev–Trinajstić information content (AvgIpc) is 2.68. The van der Waals surface area contributed by atoms with Crippen molar-refractivity contribution in [1.82, 2.24) is 0 Å². The van der Waals surface area contributed by atoms with Gasteiger partial charge in [0.2, 0.25) is 5.91 Å². The molecule has 0 fully saturated rings. The lowest BCUT2D eigenvalue weighted by Crippen LogP contribution is -2.26. The molecule has 0 saturated heterocycles. The van der Waals surface area contributed by atoms with E-state index in [2.05, 4.69) is 25.3 Å². The van der Waals surface area contributed by atoms with Gasteiger partial charge in [-0.1, -0.05) is 45.4 Å². The van der Waals surface area contributed by atoms with E-state index in [0.717, 1.165) is 44.5 Å². The first-order valence-electron chi connectivity index (χ1n) is 9.98. The monoisotopic (exact) mass is 420 g/mol. The predicted octanol–water partition coefficient (Wildman–Crippen LogP) is 5.12. The van der Waals surface area contributed by atoms with Crippen LogP contribution in [0.15, 0.2) is 59.7 Å². The average molecular weight is 421 g/mol. The summed E-state index contributed by atoms with van der Waals surface area (Å²) in [6, 6.07) is 5.34. The molecule has 29 heavy (non-hydrogen) atoms. The molecule has 0 bridgehead atoms. The summed E-state index contributed by atoms with van der Waals surface area (Å²) >= 11 is 0. The molecule has 0 heterocycles. The van der Waals surface area contributed by atoms with Crippen LogP contribution in [0.3, 0.4) is 0 Å². The Morgan fingerprint density at radius 2 is 1.79 bits per heavy atom. The van der Waals surface area contributed by atoms with Crippen molar-refractivity contribution in [2.24, 2.45) is 5.73 Å². The van der Waals surface area contributed by atoms with Gasteiger partial charge in [-0.2, -0.15) is 0 Å². The molecular weight excluding hydrogens is 384 g/mol. The van der Waals surface area contributed by atoms with Gasteiger partial charge in [0.25, 0.3) is 0 Å². The van der Waals surface area contributed by atoms with Crippen molar-refractivity contribution >= 4 is 22.4 Å². The normalized spacial score (nSPS) is 12.2. The van der Waals surface area contributed by atoms with Crippen LogP contribution in [-0.2, 0) is 10.8 Å². The maximum absolute atomic E-state index is 11.8. The summed E-state index contributed by atoms with van der Waals surface area (Å²) in [5, 5.41) is 8.75. The number of amides is 1. The van der Waals surface area contributed by atoms with Gasteiger partial charge in [0, 0.05) is 46.3 Å². The zero-order chi connectivity index (χ0) is 22.2. The number of unbranched alkanes of at least 4 members (excludes halogenated alkanes) is 2. The minimum atomic E-state index is -1.13. The van der Waals surface area contributed by atoms with Gasteiger partial charge in [0.1, 0.15) is 5.76 Å². The van der Waals surface area contributed by atoms with Crippen molar-refractivity contribution in [3.63, 3.8) is 0 Å². The number of allylic oxidation sites excluding steroid dienone is 4. The summed E-state index contributed by atoms with van der Waals surface area (Å²) < 4.78 is 11.8. The van der Waals surface area contributed by atoms with Crippen LogP contribution in [0.2, 0.25) is 0 Å². The third-order valence-electron chi connectivity index (χ3n) is 4.06. The van der Waals surface area contributed by atoms with Gasteiger partial charge < -0.3 is 15.7 Å². The smallest absolute Gasteiger partial charge is 0.248 e. The Morgan fingerprint density at radius 3 is 2.21 bits per heavy atom. The number of hydrogen-bond donors (Lipinski definition) is 2. The summed E-state index contributed by atoms with van der Waals surface area (Å²) in [5.41, 5.74) is 6.77.